The number of nitrogens with one attached hydrogen (secondary N) is 1. The summed E-state index contributed by atoms with van der Waals surface area (Å²) in [5.74, 6) is 0. The van der Waals surface area contributed by atoms with Crippen molar-refractivity contribution in [3.8, 4) is 0 Å². The second-order valence-corrected chi connectivity index (χ2v) is 4.16. The molecule has 0 spiro atoms. The summed E-state index contributed by atoms with van der Waals surface area (Å²) < 4.78 is 5.02. The van der Waals surface area contributed by atoms with Crippen LogP contribution in [0.15, 0.2) is 12.2 Å². The average molecular weight is 250 g/mol. The van der Waals surface area contributed by atoms with Crippen LogP contribution in [-0.4, -0.2) is 23.6 Å². The second-order valence-electron chi connectivity index (χ2n) is 3.51. The van der Waals surface area contributed by atoms with E-state index in [1.165, 1.54) is 0 Å². The van der Waals surface area contributed by atoms with Crippen LogP contribution in [0.2, 0.25) is 0 Å². The van der Waals surface area contributed by atoms with Gasteiger partial charge in [0.15, 0.2) is 0 Å². The molecule has 0 bridgehead atoms. The van der Waals surface area contributed by atoms with Crippen molar-refractivity contribution in [2.45, 2.75) is 26.4 Å². The van der Waals surface area contributed by atoms with E-state index in [2.05, 4.69) is 21.2 Å². The van der Waals surface area contributed by atoms with Crippen LogP contribution in [0.4, 0.5) is 4.79 Å². The van der Waals surface area contributed by atoms with Gasteiger partial charge < -0.3 is 10.1 Å². The zero-order valence-corrected chi connectivity index (χ0v) is 9.85. The molecule has 0 aliphatic carbocycles. The highest BCUT2D eigenvalue weighted by Gasteiger charge is 2.14. The molecule has 0 radical (unpaired) electrons. The normalized spacial score (nSPS) is 11.7. The molecule has 0 aromatic rings. The molecule has 0 heterocycles. The van der Waals surface area contributed by atoms with Crippen LogP contribution < -0.4 is 5.32 Å². The van der Waals surface area contributed by atoms with Gasteiger partial charge in [0.25, 0.3) is 0 Å². The molecule has 0 unspecified atom stereocenters. The topological polar surface area (TPSA) is 38.3 Å². The lowest BCUT2D eigenvalue weighted by Crippen LogP contribution is -2.32. The molecule has 76 valence electrons. The number of hydrogen-bond donors (Lipinski definition) is 1. The van der Waals surface area contributed by atoms with Gasteiger partial charge in [0, 0.05) is 11.9 Å². The van der Waals surface area contributed by atoms with Crippen molar-refractivity contribution in [1.82, 2.24) is 5.32 Å². The molecule has 0 fully saturated rings. The van der Waals surface area contributed by atoms with E-state index in [1.807, 2.05) is 32.9 Å². The maximum absolute atomic E-state index is 11.0. The van der Waals surface area contributed by atoms with Gasteiger partial charge in [-0.05, 0) is 20.8 Å². The Morgan fingerprint density at radius 3 is 2.54 bits per heavy atom. The highest BCUT2D eigenvalue weighted by molar-refractivity contribution is 9.09. The number of alkyl carbamates (subject to hydrolysis) is 1. The van der Waals surface area contributed by atoms with Crippen LogP contribution in [0.1, 0.15) is 20.8 Å². The minimum Gasteiger partial charge on any atom is -0.444 e. The SMILES string of the molecule is CC(C)(C)OC(=O)NC/C=C/CBr. The molecule has 0 aromatic heterocycles. The van der Waals surface area contributed by atoms with Gasteiger partial charge in [-0.2, -0.15) is 0 Å². The molecule has 0 saturated heterocycles. The summed E-state index contributed by atoms with van der Waals surface area (Å²) in [7, 11) is 0. The molecule has 1 amide bonds. The monoisotopic (exact) mass is 249 g/mol. The number of rotatable bonds is 3. The van der Waals surface area contributed by atoms with E-state index in [0.717, 1.165) is 5.33 Å². The molecule has 4 heteroatoms. The van der Waals surface area contributed by atoms with Gasteiger partial charge in [0.1, 0.15) is 5.60 Å². The van der Waals surface area contributed by atoms with Gasteiger partial charge >= 0.3 is 6.09 Å². The Labute approximate surface area is 87.7 Å². The largest absolute Gasteiger partial charge is 0.444 e. The average Bonchev–Trinajstić information content (AvgIpc) is 1.94. The van der Waals surface area contributed by atoms with Crippen LogP contribution in [-0.2, 0) is 4.74 Å². The Morgan fingerprint density at radius 2 is 2.08 bits per heavy atom. The number of ether oxygens (including phenoxy) is 1. The number of halogens is 1. The minimum atomic E-state index is -0.427. The van der Waals surface area contributed by atoms with Gasteiger partial charge in [-0.1, -0.05) is 28.1 Å². The van der Waals surface area contributed by atoms with Crippen molar-refractivity contribution in [2.24, 2.45) is 0 Å². The fourth-order valence-electron chi connectivity index (χ4n) is 0.603. The minimum absolute atomic E-state index is 0.383. The van der Waals surface area contributed by atoms with E-state index in [0.29, 0.717) is 6.54 Å². The van der Waals surface area contributed by atoms with Gasteiger partial charge in [-0.25, -0.2) is 4.79 Å². The molecule has 3 nitrogen and oxygen atoms in total. The summed E-state index contributed by atoms with van der Waals surface area (Å²) in [6, 6.07) is 0. The first kappa shape index (κ1) is 12.5. The van der Waals surface area contributed by atoms with E-state index in [1.54, 1.807) is 0 Å². The Balaban J connectivity index is 3.58. The Kier molecular flexibility index (Phi) is 5.79. The van der Waals surface area contributed by atoms with E-state index in [4.69, 9.17) is 4.74 Å². The molecule has 0 atom stereocenters. The molecule has 0 aliphatic rings. The number of carbonyl (C=O) groups is 1. The van der Waals surface area contributed by atoms with E-state index in [-0.39, 0.29) is 6.09 Å². The number of alkyl halides is 1. The van der Waals surface area contributed by atoms with Crippen molar-refractivity contribution in [3.05, 3.63) is 12.2 Å². The molecule has 1 N–H and O–H groups in total. The van der Waals surface area contributed by atoms with Gasteiger partial charge in [-0.15, -0.1) is 0 Å². The zero-order chi connectivity index (χ0) is 10.3. The predicted molar refractivity (Wildman–Crippen MR) is 57.2 cm³/mol. The smallest absolute Gasteiger partial charge is 0.407 e. The van der Waals surface area contributed by atoms with Crippen LogP contribution >= 0.6 is 15.9 Å². The summed E-state index contributed by atoms with van der Waals surface area (Å²) in [4.78, 5) is 11.0. The Hall–Kier alpha value is -0.510. The second kappa shape index (κ2) is 6.02. The number of amides is 1. The third kappa shape index (κ3) is 9.40. The molecule has 0 saturated carbocycles. The van der Waals surface area contributed by atoms with Crippen molar-refractivity contribution < 1.29 is 9.53 Å². The van der Waals surface area contributed by atoms with Gasteiger partial charge in [0.05, 0.1) is 0 Å². The summed E-state index contributed by atoms with van der Waals surface area (Å²) in [5, 5.41) is 3.40. The highest BCUT2D eigenvalue weighted by atomic mass is 79.9. The summed E-state index contributed by atoms with van der Waals surface area (Å²) in [6.45, 7) is 6.00. The third-order valence-corrected chi connectivity index (χ3v) is 1.39. The lowest BCUT2D eigenvalue weighted by Gasteiger charge is -2.19. The van der Waals surface area contributed by atoms with Crippen molar-refractivity contribution in [2.75, 3.05) is 11.9 Å². The van der Waals surface area contributed by atoms with Crippen LogP contribution in [0.3, 0.4) is 0 Å². The summed E-state index contributed by atoms with van der Waals surface area (Å²) in [5.41, 5.74) is -0.427. The number of hydrogen-bond acceptors (Lipinski definition) is 2. The molecule has 0 aliphatic heterocycles. The van der Waals surface area contributed by atoms with E-state index < -0.39 is 5.60 Å². The van der Waals surface area contributed by atoms with Crippen LogP contribution in [0.25, 0.3) is 0 Å². The lowest BCUT2D eigenvalue weighted by atomic mass is 10.2. The third-order valence-electron chi connectivity index (χ3n) is 1.02. The van der Waals surface area contributed by atoms with Crippen molar-refractivity contribution in [1.29, 1.82) is 0 Å². The quantitative estimate of drug-likeness (QED) is 0.617. The highest BCUT2D eigenvalue weighted by Crippen LogP contribution is 2.05. The molecular formula is C9H16BrNO2. The van der Waals surface area contributed by atoms with Crippen molar-refractivity contribution >= 4 is 22.0 Å². The molecule has 13 heavy (non-hydrogen) atoms. The molecular weight excluding hydrogens is 234 g/mol. The molecule has 0 rings (SSSR count). The standard InChI is InChI=1S/C9H16BrNO2/c1-9(2,3)13-8(12)11-7-5-4-6-10/h4-5H,6-7H2,1-3H3,(H,11,12)/b5-4+. The molecule has 0 aromatic carbocycles. The van der Waals surface area contributed by atoms with Gasteiger partial charge in [-0.3, -0.25) is 0 Å². The van der Waals surface area contributed by atoms with Crippen LogP contribution in [0.5, 0.6) is 0 Å². The Bertz CT molecular complexity index is 185. The maximum Gasteiger partial charge on any atom is 0.407 e. The van der Waals surface area contributed by atoms with E-state index in [9.17, 15) is 4.79 Å². The first-order valence-corrected chi connectivity index (χ1v) is 5.25. The maximum atomic E-state index is 11.0. The first-order valence-electron chi connectivity index (χ1n) is 4.13. The lowest BCUT2D eigenvalue weighted by molar-refractivity contribution is 0.0534. The zero-order valence-electron chi connectivity index (χ0n) is 8.26. The van der Waals surface area contributed by atoms with E-state index >= 15 is 0 Å². The fraction of sp³-hybridized carbons (Fsp3) is 0.667. The number of carbonyl (C=O) groups excluding carboxylic acids is 1. The summed E-state index contributed by atoms with van der Waals surface area (Å²) >= 11 is 3.23. The summed E-state index contributed by atoms with van der Waals surface area (Å²) in [6.07, 6.45) is 3.39. The predicted octanol–water partition coefficient (Wildman–Crippen LogP) is 2.46. The van der Waals surface area contributed by atoms with Gasteiger partial charge in [0.2, 0.25) is 0 Å². The Morgan fingerprint density at radius 1 is 1.46 bits per heavy atom. The van der Waals surface area contributed by atoms with Crippen molar-refractivity contribution in [3.63, 3.8) is 0 Å². The van der Waals surface area contributed by atoms with Crippen LogP contribution in [0, 0.1) is 0 Å². The first-order chi connectivity index (χ1) is 5.95. The number of allylic oxidation sites excluding steroid dienone is 1. The fourth-order valence-corrected chi connectivity index (χ4v) is 0.867.